The fourth-order valence-corrected chi connectivity index (χ4v) is 7.84. The first-order valence-corrected chi connectivity index (χ1v) is 18.6. The second kappa shape index (κ2) is 14.4. The highest BCUT2D eigenvalue weighted by molar-refractivity contribution is 6.31. The number of quaternary nitrogens is 1. The summed E-state index contributed by atoms with van der Waals surface area (Å²) in [5, 5.41) is 5.38. The van der Waals surface area contributed by atoms with Crippen molar-refractivity contribution in [3.8, 4) is 16.9 Å². The molecule has 3 aliphatic rings. The van der Waals surface area contributed by atoms with Crippen molar-refractivity contribution in [2.45, 2.75) is 57.5 Å². The maximum Gasteiger partial charge on any atom is 0.331 e. The molecule has 0 radical (unpaired) electrons. The fourth-order valence-electron chi connectivity index (χ4n) is 7.67. The van der Waals surface area contributed by atoms with Crippen molar-refractivity contribution in [3.05, 3.63) is 94.8 Å². The second-order valence-electron chi connectivity index (χ2n) is 15.5. The average molecular weight is 724 g/mol. The summed E-state index contributed by atoms with van der Waals surface area (Å²) in [6.07, 6.45) is 7.51. The number of halogens is 1. The third kappa shape index (κ3) is 7.32. The van der Waals surface area contributed by atoms with Gasteiger partial charge in [-0.25, -0.2) is 9.69 Å². The Balaban J connectivity index is 1.02. The smallest absolute Gasteiger partial charge is 0.331 e. The molecule has 0 N–H and O–H groups in total. The Morgan fingerprint density at radius 3 is 2.63 bits per heavy atom. The zero-order valence-electron chi connectivity index (χ0n) is 30.7. The van der Waals surface area contributed by atoms with Crippen LogP contribution in [0, 0.1) is 12.8 Å². The zero-order valence-corrected chi connectivity index (χ0v) is 31.5. The van der Waals surface area contributed by atoms with Gasteiger partial charge in [0, 0.05) is 48.0 Å². The number of ether oxygens (including phenoxy) is 1. The zero-order chi connectivity index (χ0) is 36.7. The van der Waals surface area contributed by atoms with Crippen LogP contribution in [0.15, 0.2) is 73.1 Å². The van der Waals surface area contributed by atoms with Gasteiger partial charge in [-0.3, -0.25) is 14.3 Å². The normalized spacial score (nSPS) is 19.6. The minimum atomic E-state index is -0.455. The van der Waals surface area contributed by atoms with E-state index in [9.17, 15) is 14.4 Å². The maximum absolute atomic E-state index is 13.6. The maximum atomic E-state index is 13.6. The van der Waals surface area contributed by atoms with E-state index in [0.717, 1.165) is 64.1 Å². The first kappa shape index (κ1) is 35.7. The molecule has 2 aliphatic heterocycles. The first-order chi connectivity index (χ1) is 24.9. The molecule has 4 amide bonds. The summed E-state index contributed by atoms with van der Waals surface area (Å²) in [6.45, 7) is 4.54. The number of rotatable bonds is 13. The summed E-state index contributed by atoms with van der Waals surface area (Å²) < 4.78 is 8.65. The van der Waals surface area contributed by atoms with Crippen molar-refractivity contribution in [1.82, 2.24) is 14.7 Å². The molecule has 10 nitrogen and oxygen atoms in total. The number of carbonyl (C=O) groups is 3. The average Bonchev–Trinajstić information content (AvgIpc) is 3.70. The van der Waals surface area contributed by atoms with Crippen LogP contribution >= 0.6 is 11.6 Å². The third-order valence-electron chi connectivity index (χ3n) is 10.6. The lowest BCUT2D eigenvalue weighted by Gasteiger charge is -2.30. The highest BCUT2D eigenvalue weighted by Gasteiger charge is 2.47. The molecule has 1 aliphatic carbocycles. The lowest BCUT2D eigenvalue weighted by Crippen LogP contribution is -2.37. The van der Waals surface area contributed by atoms with E-state index < -0.39 is 6.04 Å². The fraction of sp³-hybridized carbons (Fsp3) is 0.415. The molecule has 1 aromatic heterocycles. The minimum absolute atomic E-state index is 0.113. The standard InChI is InChI=1S/C41H48ClN6O4/c1-27-34(42)14-8-17-37(27)52-20-10-18-38(49)46-26-29-22-33(29)39-32(13-7-15-35(39)46)30-23-43-45(25-30)24-28-11-6-12-31(21-28)47-40(50)36(44(2)41(47)51)16-9-19-48(3,4)5/h6-8,11-15,17,21,23,25,29,33,36H,9-10,16,18-20,22,24,26H2,1-5H3/q+1/t29-,33-,36?/m0/s1. The number of urea groups is 1. The molecular formula is C41H48ClN6O4+. The number of carbonyl (C=O) groups excluding carboxylic acids is 3. The van der Waals surface area contributed by atoms with Crippen molar-refractivity contribution >= 4 is 40.8 Å². The van der Waals surface area contributed by atoms with E-state index in [1.807, 2.05) is 77.4 Å². The van der Waals surface area contributed by atoms with Gasteiger partial charge in [-0.2, -0.15) is 5.10 Å². The molecule has 3 atom stereocenters. The van der Waals surface area contributed by atoms with Crippen molar-refractivity contribution in [2.75, 3.05) is 57.7 Å². The van der Waals surface area contributed by atoms with Crippen molar-refractivity contribution in [3.63, 3.8) is 0 Å². The van der Waals surface area contributed by atoms with E-state index in [1.165, 1.54) is 10.5 Å². The van der Waals surface area contributed by atoms with Crippen LogP contribution in [0.3, 0.4) is 0 Å². The molecule has 272 valence electrons. The first-order valence-electron chi connectivity index (χ1n) is 18.2. The van der Waals surface area contributed by atoms with Crippen molar-refractivity contribution < 1.29 is 23.6 Å². The van der Waals surface area contributed by atoms with E-state index in [0.29, 0.717) is 55.0 Å². The van der Waals surface area contributed by atoms with Crippen molar-refractivity contribution in [1.29, 1.82) is 0 Å². The van der Waals surface area contributed by atoms with Gasteiger partial charge < -0.3 is 19.0 Å². The molecule has 4 aromatic rings. The molecule has 7 rings (SSSR count). The second-order valence-corrected chi connectivity index (χ2v) is 15.9. The van der Waals surface area contributed by atoms with Gasteiger partial charge in [-0.05, 0) is 91.5 Å². The predicted molar refractivity (Wildman–Crippen MR) is 204 cm³/mol. The molecule has 3 aromatic carbocycles. The number of imide groups is 1. The number of likely N-dealkylation sites (N-methyl/N-ethyl adjacent to an activating group) is 1. The number of hydrogen-bond donors (Lipinski definition) is 0. The summed E-state index contributed by atoms with van der Waals surface area (Å²) in [6, 6.07) is 18.7. The molecule has 0 spiro atoms. The largest absolute Gasteiger partial charge is 0.493 e. The van der Waals surface area contributed by atoms with Crippen LogP contribution in [0.1, 0.15) is 54.7 Å². The predicted octanol–water partition coefficient (Wildman–Crippen LogP) is 7.12. The van der Waals surface area contributed by atoms with Crippen LogP contribution in [-0.2, 0) is 16.1 Å². The van der Waals surface area contributed by atoms with E-state index in [-0.39, 0.29) is 17.8 Å². The van der Waals surface area contributed by atoms with Gasteiger partial charge in [-0.15, -0.1) is 0 Å². The Labute approximate surface area is 311 Å². The summed E-state index contributed by atoms with van der Waals surface area (Å²) in [5.74, 6) is 1.60. The molecular weight excluding hydrogens is 676 g/mol. The van der Waals surface area contributed by atoms with Crippen molar-refractivity contribution in [2.24, 2.45) is 5.92 Å². The quantitative estimate of drug-likeness (QED) is 0.0833. The van der Waals surface area contributed by atoms with E-state index in [1.54, 1.807) is 11.9 Å². The number of nitrogens with zero attached hydrogens (tertiary/aromatic N) is 6. The highest BCUT2D eigenvalue weighted by Crippen LogP contribution is 2.57. The molecule has 2 fully saturated rings. The van der Waals surface area contributed by atoms with Gasteiger partial charge in [0.25, 0.3) is 5.91 Å². The van der Waals surface area contributed by atoms with Gasteiger partial charge in [0.1, 0.15) is 11.8 Å². The minimum Gasteiger partial charge on any atom is -0.493 e. The topological polar surface area (TPSA) is 88.0 Å². The van der Waals surface area contributed by atoms with Crippen LogP contribution in [0.4, 0.5) is 16.2 Å². The highest BCUT2D eigenvalue weighted by atomic mass is 35.5. The molecule has 3 heterocycles. The van der Waals surface area contributed by atoms with Gasteiger partial charge in [-0.1, -0.05) is 41.9 Å². The Kier molecular flexibility index (Phi) is 9.89. The summed E-state index contributed by atoms with van der Waals surface area (Å²) in [7, 11) is 8.10. The summed E-state index contributed by atoms with van der Waals surface area (Å²) in [4.78, 5) is 45.2. The SMILES string of the molecule is Cc1c(Cl)cccc1OCCCC(=O)N1C[C@@H]2C[C@@H]2c2c(-c3cnn(Cc4cccc(N5C(=O)C(CCC[N+](C)(C)C)N(C)C5=O)c4)c3)cccc21. The number of fused-ring (bicyclic) bond motifs is 3. The van der Waals surface area contributed by atoms with E-state index in [4.69, 9.17) is 21.4 Å². The lowest BCUT2D eigenvalue weighted by atomic mass is 9.92. The number of aromatic nitrogens is 2. The number of amides is 4. The molecule has 1 unspecified atom stereocenters. The van der Waals surface area contributed by atoms with Crippen LogP contribution < -0.4 is 14.5 Å². The van der Waals surface area contributed by atoms with Gasteiger partial charge >= 0.3 is 6.03 Å². The molecule has 1 saturated carbocycles. The molecule has 1 saturated heterocycles. The summed E-state index contributed by atoms with van der Waals surface area (Å²) >= 11 is 6.23. The summed E-state index contributed by atoms with van der Waals surface area (Å²) in [5.41, 5.74) is 6.75. The number of anilines is 2. The van der Waals surface area contributed by atoms with E-state index in [2.05, 4.69) is 33.3 Å². The monoisotopic (exact) mass is 723 g/mol. The lowest BCUT2D eigenvalue weighted by molar-refractivity contribution is -0.870. The van der Waals surface area contributed by atoms with Crippen LogP contribution in [0.25, 0.3) is 11.1 Å². The van der Waals surface area contributed by atoms with Crippen LogP contribution in [0.5, 0.6) is 5.75 Å². The molecule has 0 bridgehead atoms. The van der Waals surface area contributed by atoms with E-state index >= 15 is 0 Å². The van der Waals surface area contributed by atoms with Gasteiger partial charge in [0.2, 0.25) is 5.91 Å². The Hall–Kier alpha value is -4.67. The Bertz CT molecular complexity index is 2000. The van der Waals surface area contributed by atoms with Crippen LogP contribution in [-0.4, -0.2) is 90.9 Å². The molecule has 52 heavy (non-hydrogen) atoms. The Morgan fingerprint density at radius 1 is 1.04 bits per heavy atom. The number of hydrogen-bond acceptors (Lipinski definition) is 5. The van der Waals surface area contributed by atoms with Gasteiger partial charge in [0.05, 0.1) is 52.7 Å². The third-order valence-corrected chi connectivity index (χ3v) is 11.0. The molecule has 11 heteroatoms. The Morgan fingerprint density at radius 2 is 1.83 bits per heavy atom. The number of benzene rings is 3. The van der Waals surface area contributed by atoms with Gasteiger partial charge in [0.15, 0.2) is 0 Å². The van der Waals surface area contributed by atoms with Crippen LogP contribution in [0.2, 0.25) is 5.02 Å².